The van der Waals surface area contributed by atoms with Gasteiger partial charge in [0, 0.05) is 4.88 Å². The molecule has 1 aromatic carbocycles. The first kappa shape index (κ1) is 19.1. The van der Waals surface area contributed by atoms with Gasteiger partial charge in [-0.25, -0.2) is 9.37 Å². The fourth-order valence-electron chi connectivity index (χ4n) is 2.39. The van der Waals surface area contributed by atoms with E-state index in [9.17, 15) is 14.0 Å². The van der Waals surface area contributed by atoms with Crippen molar-refractivity contribution in [2.75, 3.05) is 5.32 Å². The van der Waals surface area contributed by atoms with E-state index >= 15 is 0 Å². The summed E-state index contributed by atoms with van der Waals surface area (Å²) in [7, 11) is 0. The lowest BCUT2D eigenvalue weighted by molar-refractivity contribution is -0.118. The van der Waals surface area contributed by atoms with Gasteiger partial charge in [0.25, 0.3) is 5.91 Å². The summed E-state index contributed by atoms with van der Waals surface area (Å²) >= 11 is 1.40. The van der Waals surface area contributed by atoms with Crippen molar-refractivity contribution in [3.05, 3.63) is 46.2 Å². The van der Waals surface area contributed by atoms with Gasteiger partial charge in [-0.15, -0.1) is 11.3 Å². The van der Waals surface area contributed by atoms with Gasteiger partial charge in [0.05, 0.1) is 11.3 Å². The predicted octanol–water partition coefficient (Wildman–Crippen LogP) is 3.55. The van der Waals surface area contributed by atoms with Crippen LogP contribution < -0.4 is 10.6 Å². The van der Waals surface area contributed by atoms with Gasteiger partial charge in [0.15, 0.2) is 5.13 Å². The molecule has 2 aromatic rings. The van der Waals surface area contributed by atoms with Crippen LogP contribution in [0.15, 0.2) is 24.3 Å². The van der Waals surface area contributed by atoms with Crippen LogP contribution in [-0.2, 0) is 11.2 Å². The Morgan fingerprint density at radius 2 is 1.96 bits per heavy atom. The molecule has 1 heterocycles. The fraction of sp³-hybridized carbons (Fsp3) is 0.389. The number of aryl methyl sites for hydroxylation is 2. The largest absolute Gasteiger partial charge is 0.340 e. The monoisotopic (exact) mass is 363 g/mol. The maximum atomic E-state index is 13.8. The van der Waals surface area contributed by atoms with Crippen LogP contribution in [0.3, 0.4) is 0 Å². The minimum absolute atomic E-state index is 0.0840. The Bertz CT molecular complexity index is 773. The first-order valence-electron chi connectivity index (χ1n) is 8.16. The number of thiazole rings is 1. The third kappa shape index (κ3) is 4.63. The molecule has 0 saturated carbocycles. The molecule has 1 aromatic heterocycles. The Morgan fingerprint density at radius 3 is 2.52 bits per heavy atom. The molecule has 0 bridgehead atoms. The zero-order chi connectivity index (χ0) is 18.6. The van der Waals surface area contributed by atoms with Crippen LogP contribution in [0, 0.1) is 18.7 Å². The number of benzene rings is 1. The van der Waals surface area contributed by atoms with E-state index in [1.54, 1.807) is 6.07 Å². The second kappa shape index (κ2) is 8.20. The molecule has 0 fully saturated rings. The average Bonchev–Trinajstić information content (AvgIpc) is 2.91. The van der Waals surface area contributed by atoms with Crippen LogP contribution in [-0.4, -0.2) is 22.8 Å². The van der Waals surface area contributed by atoms with Crippen molar-refractivity contribution in [1.29, 1.82) is 0 Å². The minimum atomic E-state index is -0.790. The molecule has 0 aliphatic rings. The highest BCUT2D eigenvalue weighted by molar-refractivity contribution is 7.15. The lowest BCUT2D eigenvalue weighted by atomic mass is 10.0. The topological polar surface area (TPSA) is 71.1 Å². The summed E-state index contributed by atoms with van der Waals surface area (Å²) in [6.45, 7) is 7.58. The van der Waals surface area contributed by atoms with Gasteiger partial charge in [-0.05, 0) is 31.4 Å². The molecule has 25 heavy (non-hydrogen) atoms. The molecular weight excluding hydrogens is 341 g/mol. The number of aromatic nitrogens is 1. The molecule has 2 N–H and O–H groups in total. The molecule has 5 nitrogen and oxygen atoms in total. The fourth-order valence-corrected chi connectivity index (χ4v) is 3.30. The van der Waals surface area contributed by atoms with Crippen molar-refractivity contribution in [3.63, 3.8) is 0 Å². The Labute approximate surface area is 150 Å². The van der Waals surface area contributed by atoms with Crippen LogP contribution in [0.2, 0.25) is 0 Å². The summed E-state index contributed by atoms with van der Waals surface area (Å²) in [5, 5.41) is 5.87. The number of nitrogens with one attached hydrogen (secondary N) is 2. The second-order valence-electron chi connectivity index (χ2n) is 6.04. The van der Waals surface area contributed by atoms with Crippen molar-refractivity contribution in [1.82, 2.24) is 10.3 Å². The third-order valence-electron chi connectivity index (χ3n) is 3.81. The number of carbonyl (C=O) groups is 2. The third-order valence-corrected chi connectivity index (χ3v) is 4.74. The van der Waals surface area contributed by atoms with E-state index in [0.29, 0.717) is 5.13 Å². The van der Waals surface area contributed by atoms with Crippen molar-refractivity contribution >= 4 is 28.3 Å². The molecule has 0 radical (unpaired) electrons. The van der Waals surface area contributed by atoms with Crippen LogP contribution in [0.1, 0.15) is 41.7 Å². The predicted molar refractivity (Wildman–Crippen MR) is 97.4 cm³/mol. The number of carbonyl (C=O) groups excluding carboxylic acids is 2. The molecule has 1 unspecified atom stereocenters. The summed E-state index contributed by atoms with van der Waals surface area (Å²) in [5.41, 5.74) is 0.858. The van der Waals surface area contributed by atoms with E-state index < -0.39 is 17.8 Å². The maximum Gasteiger partial charge on any atom is 0.254 e. The van der Waals surface area contributed by atoms with Crippen LogP contribution in [0.4, 0.5) is 9.52 Å². The standard InChI is InChI=1S/C18H22FN3O2S/c1-5-14-11(4)25-18(20-14)22-17(24)15(10(2)3)21-16(23)12-8-6-7-9-13(12)19/h6-10,15H,5H2,1-4H3,(H,21,23)(H,20,22,24). The summed E-state index contributed by atoms with van der Waals surface area (Å²) in [5.74, 6) is -1.76. The van der Waals surface area contributed by atoms with Crippen LogP contribution in [0.5, 0.6) is 0 Å². The number of nitrogens with zero attached hydrogens (tertiary/aromatic N) is 1. The van der Waals surface area contributed by atoms with Gasteiger partial charge < -0.3 is 10.6 Å². The molecule has 2 amide bonds. The first-order valence-corrected chi connectivity index (χ1v) is 8.97. The molecule has 0 saturated heterocycles. The van der Waals surface area contributed by atoms with Crippen LogP contribution in [0.25, 0.3) is 0 Å². The maximum absolute atomic E-state index is 13.8. The number of hydrogen-bond donors (Lipinski definition) is 2. The van der Waals surface area contributed by atoms with Crippen molar-refractivity contribution in [3.8, 4) is 0 Å². The number of anilines is 1. The minimum Gasteiger partial charge on any atom is -0.340 e. The van der Waals surface area contributed by atoms with E-state index in [4.69, 9.17) is 0 Å². The zero-order valence-electron chi connectivity index (χ0n) is 14.7. The summed E-state index contributed by atoms with van der Waals surface area (Å²) < 4.78 is 13.8. The first-order chi connectivity index (χ1) is 11.8. The quantitative estimate of drug-likeness (QED) is 0.824. The number of rotatable bonds is 6. The molecule has 0 spiro atoms. The lowest BCUT2D eigenvalue weighted by Crippen LogP contribution is -2.47. The van der Waals surface area contributed by atoms with Gasteiger partial charge >= 0.3 is 0 Å². The van der Waals surface area contributed by atoms with E-state index in [0.717, 1.165) is 17.0 Å². The Kier molecular flexibility index (Phi) is 6.25. The summed E-state index contributed by atoms with van der Waals surface area (Å²) in [6.07, 6.45) is 0.788. The number of halogens is 1. The molecule has 0 aliphatic heterocycles. The normalized spacial score (nSPS) is 12.1. The molecular formula is C18H22FN3O2S. The molecule has 134 valence electrons. The highest BCUT2D eigenvalue weighted by Gasteiger charge is 2.26. The van der Waals surface area contributed by atoms with Gasteiger partial charge in [-0.2, -0.15) is 0 Å². The van der Waals surface area contributed by atoms with Crippen LogP contribution >= 0.6 is 11.3 Å². The Balaban J connectivity index is 2.12. The smallest absolute Gasteiger partial charge is 0.254 e. The lowest BCUT2D eigenvalue weighted by Gasteiger charge is -2.21. The molecule has 2 rings (SSSR count). The summed E-state index contributed by atoms with van der Waals surface area (Å²) in [4.78, 5) is 30.3. The highest BCUT2D eigenvalue weighted by atomic mass is 32.1. The zero-order valence-corrected chi connectivity index (χ0v) is 15.5. The van der Waals surface area contributed by atoms with Gasteiger partial charge in [-0.1, -0.05) is 32.9 Å². The van der Waals surface area contributed by atoms with Crippen molar-refractivity contribution in [2.45, 2.75) is 40.2 Å². The van der Waals surface area contributed by atoms with Gasteiger partial charge in [0.1, 0.15) is 11.9 Å². The Morgan fingerprint density at radius 1 is 1.28 bits per heavy atom. The SMILES string of the molecule is CCc1nc(NC(=O)C(NC(=O)c2ccccc2F)C(C)C)sc1C. The van der Waals surface area contributed by atoms with E-state index in [2.05, 4.69) is 15.6 Å². The molecule has 7 heteroatoms. The Hall–Kier alpha value is -2.28. The second-order valence-corrected chi connectivity index (χ2v) is 7.24. The van der Waals surface area contributed by atoms with E-state index in [-0.39, 0.29) is 17.4 Å². The van der Waals surface area contributed by atoms with Gasteiger partial charge in [-0.3, -0.25) is 9.59 Å². The molecule has 1 atom stereocenters. The molecule has 0 aliphatic carbocycles. The van der Waals surface area contributed by atoms with Crippen molar-refractivity contribution < 1.29 is 14.0 Å². The average molecular weight is 363 g/mol. The van der Waals surface area contributed by atoms with Gasteiger partial charge in [0.2, 0.25) is 5.91 Å². The number of amides is 2. The highest BCUT2D eigenvalue weighted by Crippen LogP contribution is 2.23. The number of hydrogen-bond acceptors (Lipinski definition) is 4. The van der Waals surface area contributed by atoms with Crippen molar-refractivity contribution in [2.24, 2.45) is 5.92 Å². The summed E-state index contributed by atoms with van der Waals surface area (Å²) in [6, 6.07) is 4.89. The van der Waals surface area contributed by atoms with E-state index in [1.807, 2.05) is 27.7 Å². The van der Waals surface area contributed by atoms with E-state index in [1.165, 1.54) is 29.5 Å².